The number of fused-ring (bicyclic) bond motifs is 1. The SMILES string of the molecule is Cc1cc(N2CC(C(=O)NCC3CCCCCO3)C2)nc2c1C(O)C(C(=O)O)=CN2c1nccs1. The van der Waals surface area contributed by atoms with E-state index in [4.69, 9.17) is 9.72 Å². The van der Waals surface area contributed by atoms with Gasteiger partial charge < -0.3 is 25.2 Å². The summed E-state index contributed by atoms with van der Waals surface area (Å²) < 4.78 is 5.81. The topological polar surface area (TPSA) is 128 Å². The van der Waals surface area contributed by atoms with Crippen LogP contribution in [0.1, 0.15) is 42.9 Å². The molecule has 3 aliphatic rings. The molecule has 0 aliphatic carbocycles. The van der Waals surface area contributed by atoms with Crippen LogP contribution in [-0.4, -0.2) is 64.4 Å². The number of hydrogen-bond donors (Lipinski definition) is 3. The minimum Gasteiger partial charge on any atom is -0.478 e. The Morgan fingerprint density at radius 3 is 2.86 bits per heavy atom. The van der Waals surface area contributed by atoms with Crippen LogP contribution in [0.3, 0.4) is 0 Å². The molecule has 2 aromatic heterocycles. The Labute approximate surface area is 207 Å². The van der Waals surface area contributed by atoms with E-state index in [1.54, 1.807) is 16.5 Å². The molecule has 10 nitrogen and oxygen atoms in total. The molecule has 3 N–H and O–H groups in total. The van der Waals surface area contributed by atoms with Crippen LogP contribution in [0.5, 0.6) is 0 Å². The number of anilines is 3. The Morgan fingerprint density at radius 1 is 1.29 bits per heavy atom. The Balaban J connectivity index is 1.30. The minimum atomic E-state index is -1.29. The van der Waals surface area contributed by atoms with Gasteiger partial charge in [-0.1, -0.05) is 12.8 Å². The van der Waals surface area contributed by atoms with Gasteiger partial charge in [0.25, 0.3) is 0 Å². The van der Waals surface area contributed by atoms with Crippen LogP contribution in [0.2, 0.25) is 0 Å². The summed E-state index contributed by atoms with van der Waals surface area (Å²) in [5.41, 5.74) is 1.04. The minimum absolute atomic E-state index is 0.0256. The van der Waals surface area contributed by atoms with Crippen LogP contribution in [0.25, 0.3) is 0 Å². The molecule has 0 saturated carbocycles. The van der Waals surface area contributed by atoms with Gasteiger partial charge in [0, 0.05) is 49.6 Å². The van der Waals surface area contributed by atoms with Gasteiger partial charge in [-0.15, -0.1) is 11.3 Å². The highest BCUT2D eigenvalue weighted by Crippen LogP contribution is 2.43. The van der Waals surface area contributed by atoms with E-state index in [-0.39, 0.29) is 23.5 Å². The highest BCUT2D eigenvalue weighted by Gasteiger charge is 2.37. The first kappa shape index (κ1) is 23.7. The lowest BCUT2D eigenvalue weighted by Gasteiger charge is -2.40. The van der Waals surface area contributed by atoms with Crippen LogP contribution in [-0.2, 0) is 14.3 Å². The maximum absolute atomic E-state index is 12.7. The molecule has 5 heterocycles. The second-order valence-corrected chi connectivity index (χ2v) is 10.1. The van der Waals surface area contributed by atoms with Crippen molar-refractivity contribution in [2.45, 2.75) is 44.8 Å². The van der Waals surface area contributed by atoms with Crippen molar-refractivity contribution in [3.63, 3.8) is 0 Å². The number of carbonyl (C=O) groups is 2. The number of nitrogens with one attached hydrogen (secondary N) is 1. The third kappa shape index (κ3) is 4.75. The number of amides is 1. The summed E-state index contributed by atoms with van der Waals surface area (Å²) in [6.07, 6.45) is 6.20. The van der Waals surface area contributed by atoms with Gasteiger partial charge >= 0.3 is 5.97 Å². The van der Waals surface area contributed by atoms with E-state index >= 15 is 0 Å². The van der Waals surface area contributed by atoms with Gasteiger partial charge in [0.05, 0.1) is 17.6 Å². The molecule has 2 saturated heterocycles. The molecule has 2 unspecified atom stereocenters. The van der Waals surface area contributed by atoms with Gasteiger partial charge in [-0.3, -0.25) is 9.69 Å². The number of carboxylic acid groups (broad SMARTS) is 1. The maximum atomic E-state index is 12.7. The van der Waals surface area contributed by atoms with Gasteiger partial charge in [0.15, 0.2) is 5.13 Å². The normalized spacial score (nSPS) is 22.6. The van der Waals surface area contributed by atoms with E-state index in [1.807, 2.05) is 17.9 Å². The molecule has 3 aliphatic heterocycles. The Morgan fingerprint density at radius 2 is 2.11 bits per heavy atom. The van der Waals surface area contributed by atoms with Crippen molar-refractivity contribution in [3.8, 4) is 0 Å². The number of carbonyl (C=O) groups excluding carboxylic acids is 1. The highest BCUT2D eigenvalue weighted by molar-refractivity contribution is 7.13. The number of aryl methyl sites for hydroxylation is 1. The van der Waals surface area contributed by atoms with Crippen molar-refractivity contribution in [1.29, 1.82) is 0 Å². The van der Waals surface area contributed by atoms with Crippen molar-refractivity contribution in [2.75, 3.05) is 36.0 Å². The molecule has 0 aromatic carbocycles. The number of hydrogen-bond acceptors (Lipinski definition) is 9. The molecule has 0 spiro atoms. The molecule has 0 bridgehead atoms. The average molecular weight is 500 g/mol. The monoisotopic (exact) mass is 499 g/mol. The number of thiazole rings is 1. The molecule has 11 heteroatoms. The molecule has 186 valence electrons. The smallest absolute Gasteiger partial charge is 0.336 e. The van der Waals surface area contributed by atoms with Gasteiger partial charge in [-0.25, -0.2) is 14.8 Å². The average Bonchev–Trinajstić information content (AvgIpc) is 3.19. The van der Waals surface area contributed by atoms with Crippen LogP contribution >= 0.6 is 11.3 Å². The Hall–Kier alpha value is -3.02. The number of rotatable bonds is 6. The first-order valence-electron chi connectivity index (χ1n) is 11.9. The fourth-order valence-corrected chi connectivity index (χ4v) is 5.36. The highest BCUT2D eigenvalue weighted by atomic mass is 32.1. The molecular weight excluding hydrogens is 470 g/mol. The molecule has 2 atom stereocenters. The summed E-state index contributed by atoms with van der Waals surface area (Å²) in [4.78, 5) is 37.1. The van der Waals surface area contributed by atoms with Crippen molar-refractivity contribution in [2.24, 2.45) is 5.92 Å². The van der Waals surface area contributed by atoms with Gasteiger partial charge in [-0.2, -0.15) is 0 Å². The van der Waals surface area contributed by atoms with E-state index in [9.17, 15) is 19.8 Å². The zero-order valence-electron chi connectivity index (χ0n) is 19.5. The number of aromatic nitrogens is 2. The largest absolute Gasteiger partial charge is 0.478 e. The second-order valence-electron chi connectivity index (χ2n) is 9.20. The first-order chi connectivity index (χ1) is 16.9. The summed E-state index contributed by atoms with van der Waals surface area (Å²) in [6, 6.07) is 1.83. The molecule has 5 rings (SSSR count). The zero-order valence-corrected chi connectivity index (χ0v) is 20.3. The van der Waals surface area contributed by atoms with Gasteiger partial charge in [0.1, 0.15) is 17.7 Å². The number of aliphatic hydroxyl groups excluding tert-OH is 1. The van der Waals surface area contributed by atoms with Crippen molar-refractivity contribution < 1.29 is 24.5 Å². The Bertz CT molecular complexity index is 1120. The third-order valence-corrected chi connectivity index (χ3v) is 7.54. The van der Waals surface area contributed by atoms with E-state index in [0.29, 0.717) is 42.0 Å². The number of ether oxygens (including phenoxy) is 1. The maximum Gasteiger partial charge on any atom is 0.336 e. The quantitative estimate of drug-likeness (QED) is 0.549. The Kier molecular flexibility index (Phi) is 6.72. The summed E-state index contributed by atoms with van der Waals surface area (Å²) in [5, 5.41) is 25.8. The lowest BCUT2D eigenvalue weighted by Crippen LogP contribution is -2.55. The van der Waals surface area contributed by atoms with Crippen molar-refractivity contribution in [3.05, 3.63) is 40.5 Å². The zero-order chi connectivity index (χ0) is 24.5. The summed E-state index contributed by atoms with van der Waals surface area (Å²) in [7, 11) is 0. The fourth-order valence-electron chi connectivity index (χ4n) is 4.75. The van der Waals surface area contributed by atoms with E-state index in [2.05, 4.69) is 10.3 Å². The van der Waals surface area contributed by atoms with E-state index in [1.165, 1.54) is 24.0 Å². The van der Waals surface area contributed by atoms with Crippen LogP contribution in [0.15, 0.2) is 29.4 Å². The predicted molar refractivity (Wildman–Crippen MR) is 131 cm³/mol. The van der Waals surface area contributed by atoms with Crippen LogP contribution in [0, 0.1) is 12.8 Å². The van der Waals surface area contributed by atoms with Crippen molar-refractivity contribution in [1.82, 2.24) is 15.3 Å². The lowest BCUT2D eigenvalue weighted by atomic mass is 9.94. The number of carboxylic acids is 1. The molecule has 0 radical (unpaired) electrons. The number of aliphatic hydroxyl groups is 1. The summed E-state index contributed by atoms with van der Waals surface area (Å²) >= 11 is 1.35. The molecule has 35 heavy (non-hydrogen) atoms. The van der Waals surface area contributed by atoms with E-state index in [0.717, 1.165) is 31.4 Å². The summed E-state index contributed by atoms with van der Waals surface area (Å²) in [5.74, 6) is -0.168. The first-order valence-corrected chi connectivity index (χ1v) is 12.8. The van der Waals surface area contributed by atoms with Gasteiger partial charge in [0.2, 0.25) is 5.91 Å². The predicted octanol–water partition coefficient (Wildman–Crippen LogP) is 2.51. The van der Waals surface area contributed by atoms with Crippen LogP contribution in [0.4, 0.5) is 16.8 Å². The van der Waals surface area contributed by atoms with E-state index < -0.39 is 12.1 Å². The molecular formula is C24H29N5O5S. The number of nitrogens with zero attached hydrogens (tertiary/aromatic N) is 4. The molecule has 1 amide bonds. The molecule has 2 fully saturated rings. The number of aliphatic carboxylic acids is 1. The standard InChI is InChI=1S/C24H29N5O5S/c1-14-9-18(28-11-15(12-28)22(31)26-10-16-5-3-2-4-7-34-16)27-21-19(14)20(30)17(23(32)33)13-29(21)24-25-6-8-35-24/h6,8-9,13,15-16,20,30H,2-5,7,10-12H2,1H3,(H,26,31)(H,32,33). The fraction of sp³-hybridized carbons (Fsp3) is 0.500. The summed E-state index contributed by atoms with van der Waals surface area (Å²) in [6.45, 7) is 4.22. The lowest BCUT2D eigenvalue weighted by molar-refractivity contribution is -0.134. The van der Waals surface area contributed by atoms with Crippen molar-refractivity contribution >= 4 is 40.0 Å². The third-order valence-electron chi connectivity index (χ3n) is 6.77. The van der Waals surface area contributed by atoms with Crippen LogP contribution < -0.4 is 15.1 Å². The molecule has 2 aromatic rings. The number of pyridine rings is 1. The van der Waals surface area contributed by atoms with Gasteiger partial charge in [-0.05, 0) is 31.4 Å². The second kappa shape index (κ2) is 9.92.